The Labute approximate surface area is 115 Å². The number of aromatic nitrogens is 1. The summed E-state index contributed by atoms with van der Waals surface area (Å²) in [5, 5.41) is 7.17. The number of carbonyl (C=O) groups is 2. The predicted molar refractivity (Wildman–Crippen MR) is 71.0 cm³/mol. The molecule has 0 aliphatic carbocycles. The van der Waals surface area contributed by atoms with Crippen LogP contribution in [0.4, 0.5) is 5.13 Å². The molecule has 0 spiro atoms. The van der Waals surface area contributed by atoms with Gasteiger partial charge in [0.25, 0.3) is 0 Å². The van der Waals surface area contributed by atoms with Gasteiger partial charge in [0.05, 0.1) is 13.2 Å². The Kier molecular flexibility index (Phi) is 5.25. The van der Waals surface area contributed by atoms with Crippen molar-refractivity contribution in [3.63, 3.8) is 0 Å². The van der Waals surface area contributed by atoms with E-state index in [4.69, 9.17) is 4.74 Å². The molecule has 0 unspecified atom stereocenters. The maximum atomic E-state index is 11.5. The normalized spacial score (nSPS) is 16.0. The highest BCUT2D eigenvalue weighted by atomic mass is 32.1. The number of morpholine rings is 1. The van der Waals surface area contributed by atoms with Gasteiger partial charge in [-0.15, -0.1) is 11.3 Å². The molecule has 1 aromatic rings. The summed E-state index contributed by atoms with van der Waals surface area (Å²) in [5.41, 5.74) is 0. The lowest BCUT2D eigenvalue weighted by atomic mass is 10.4. The van der Waals surface area contributed by atoms with Gasteiger partial charge in [0.1, 0.15) is 0 Å². The quantitative estimate of drug-likeness (QED) is 0.730. The van der Waals surface area contributed by atoms with Crippen LogP contribution < -0.4 is 10.6 Å². The summed E-state index contributed by atoms with van der Waals surface area (Å²) in [6.45, 7) is 4.34. The van der Waals surface area contributed by atoms with Gasteiger partial charge in [-0.3, -0.25) is 19.8 Å². The van der Waals surface area contributed by atoms with Gasteiger partial charge in [0.15, 0.2) is 5.13 Å². The smallest absolute Gasteiger partial charge is 0.315 e. The standard InChI is InChI=1S/C11H16N4O3S/c16-9(10(17)14-11-13-2-8-19-11)12-1-3-15-4-6-18-7-5-15/h2,8H,1,3-7H2,(H,12,16)(H,13,14,17). The van der Waals surface area contributed by atoms with Crippen LogP contribution >= 0.6 is 11.3 Å². The molecule has 0 aromatic carbocycles. The molecular weight excluding hydrogens is 268 g/mol. The summed E-state index contributed by atoms with van der Waals surface area (Å²) < 4.78 is 5.23. The summed E-state index contributed by atoms with van der Waals surface area (Å²) in [4.78, 5) is 29.1. The van der Waals surface area contributed by atoms with Crippen LogP contribution in [0.5, 0.6) is 0 Å². The summed E-state index contributed by atoms with van der Waals surface area (Å²) in [7, 11) is 0. The average molecular weight is 284 g/mol. The van der Waals surface area contributed by atoms with Gasteiger partial charge in [0, 0.05) is 37.8 Å². The lowest BCUT2D eigenvalue weighted by Crippen LogP contribution is -2.43. The fraction of sp³-hybridized carbons (Fsp3) is 0.545. The van der Waals surface area contributed by atoms with E-state index in [1.807, 2.05) is 0 Å². The fourth-order valence-electron chi connectivity index (χ4n) is 1.67. The third kappa shape index (κ3) is 4.58. The number of ether oxygens (including phenoxy) is 1. The number of carbonyl (C=O) groups excluding carboxylic acids is 2. The van der Waals surface area contributed by atoms with E-state index in [-0.39, 0.29) is 0 Å². The first-order chi connectivity index (χ1) is 9.25. The number of amides is 2. The molecule has 1 aromatic heterocycles. The largest absolute Gasteiger partial charge is 0.379 e. The predicted octanol–water partition coefficient (Wildman–Crippen LogP) is -0.470. The third-order valence-corrected chi connectivity index (χ3v) is 3.36. The van der Waals surface area contributed by atoms with Gasteiger partial charge in [0.2, 0.25) is 0 Å². The van der Waals surface area contributed by atoms with E-state index in [0.29, 0.717) is 11.7 Å². The Bertz CT molecular complexity index is 418. The van der Waals surface area contributed by atoms with Crippen LogP contribution in [0.25, 0.3) is 0 Å². The number of rotatable bonds is 4. The topological polar surface area (TPSA) is 83.6 Å². The number of anilines is 1. The molecule has 8 heteroatoms. The number of nitrogens with zero attached hydrogens (tertiary/aromatic N) is 2. The van der Waals surface area contributed by atoms with Crippen LogP contribution in [0.15, 0.2) is 11.6 Å². The first kappa shape index (κ1) is 13.9. The van der Waals surface area contributed by atoms with Crippen LogP contribution in [-0.4, -0.2) is 61.1 Å². The van der Waals surface area contributed by atoms with E-state index >= 15 is 0 Å². The molecule has 7 nitrogen and oxygen atoms in total. The molecule has 0 atom stereocenters. The molecule has 1 saturated heterocycles. The van der Waals surface area contributed by atoms with Gasteiger partial charge in [-0.2, -0.15) is 0 Å². The van der Waals surface area contributed by atoms with Gasteiger partial charge < -0.3 is 10.1 Å². The van der Waals surface area contributed by atoms with Crippen molar-refractivity contribution in [2.75, 3.05) is 44.7 Å². The molecule has 104 valence electrons. The van der Waals surface area contributed by atoms with Gasteiger partial charge in [-0.25, -0.2) is 4.98 Å². The third-order valence-electron chi connectivity index (χ3n) is 2.68. The van der Waals surface area contributed by atoms with Crippen molar-refractivity contribution in [2.24, 2.45) is 0 Å². The zero-order chi connectivity index (χ0) is 13.5. The molecule has 1 aliphatic rings. The molecule has 0 saturated carbocycles. The van der Waals surface area contributed by atoms with Crippen molar-refractivity contribution in [2.45, 2.75) is 0 Å². The van der Waals surface area contributed by atoms with Crippen LogP contribution in [0.2, 0.25) is 0 Å². The second kappa shape index (κ2) is 7.17. The maximum absolute atomic E-state index is 11.5. The van der Waals surface area contributed by atoms with Crippen molar-refractivity contribution in [1.29, 1.82) is 0 Å². The molecule has 1 fully saturated rings. The minimum absolute atomic E-state index is 0.424. The Morgan fingerprint density at radius 2 is 2.16 bits per heavy atom. The van der Waals surface area contributed by atoms with Crippen molar-refractivity contribution in [3.8, 4) is 0 Å². The van der Waals surface area contributed by atoms with Crippen molar-refractivity contribution in [3.05, 3.63) is 11.6 Å². The molecule has 2 amide bonds. The number of hydrogen-bond donors (Lipinski definition) is 2. The minimum atomic E-state index is -0.683. The Morgan fingerprint density at radius 3 is 2.84 bits per heavy atom. The number of nitrogens with one attached hydrogen (secondary N) is 2. The molecular formula is C11H16N4O3S. The molecule has 19 heavy (non-hydrogen) atoms. The SMILES string of the molecule is O=C(NCCN1CCOCC1)C(=O)Nc1nccs1. The lowest BCUT2D eigenvalue weighted by Gasteiger charge is -2.26. The van der Waals surface area contributed by atoms with Crippen LogP contribution in [0.1, 0.15) is 0 Å². The Balaban J connectivity index is 1.64. The average Bonchev–Trinajstić information content (AvgIpc) is 2.92. The maximum Gasteiger partial charge on any atom is 0.315 e. The van der Waals surface area contributed by atoms with Crippen molar-refractivity contribution >= 4 is 28.3 Å². The Hall–Kier alpha value is -1.51. The van der Waals surface area contributed by atoms with E-state index in [0.717, 1.165) is 32.8 Å². The molecule has 0 radical (unpaired) electrons. The van der Waals surface area contributed by atoms with Crippen LogP contribution in [0, 0.1) is 0 Å². The zero-order valence-electron chi connectivity index (χ0n) is 10.4. The molecule has 2 N–H and O–H groups in total. The highest BCUT2D eigenvalue weighted by Crippen LogP contribution is 2.09. The first-order valence-corrected chi connectivity index (χ1v) is 6.92. The van der Waals surface area contributed by atoms with E-state index in [1.54, 1.807) is 11.6 Å². The van der Waals surface area contributed by atoms with Crippen molar-refractivity contribution in [1.82, 2.24) is 15.2 Å². The second-order valence-electron chi connectivity index (χ2n) is 4.00. The van der Waals surface area contributed by atoms with Gasteiger partial charge in [-0.05, 0) is 0 Å². The van der Waals surface area contributed by atoms with E-state index < -0.39 is 11.8 Å². The monoisotopic (exact) mass is 284 g/mol. The summed E-state index contributed by atoms with van der Waals surface area (Å²) >= 11 is 1.27. The highest BCUT2D eigenvalue weighted by Gasteiger charge is 2.15. The van der Waals surface area contributed by atoms with E-state index in [9.17, 15) is 9.59 Å². The first-order valence-electron chi connectivity index (χ1n) is 6.04. The van der Waals surface area contributed by atoms with E-state index in [2.05, 4.69) is 20.5 Å². The Morgan fingerprint density at radius 1 is 1.37 bits per heavy atom. The van der Waals surface area contributed by atoms with E-state index in [1.165, 1.54) is 11.3 Å². The zero-order valence-corrected chi connectivity index (χ0v) is 11.2. The second-order valence-corrected chi connectivity index (χ2v) is 4.90. The minimum Gasteiger partial charge on any atom is -0.379 e. The molecule has 2 rings (SSSR count). The number of thiazole rings is 1. The summed E-state index contributed by atoms with van der Waals surface area (Å²) in [6.07, 6.45) is 1.57. The highest BCUT2D eigenvalue weighted by molar-refractivity contribution is 7.13. The summed E-state index contributed by atoms with van der Waals surface area (Å²) in [5.74, 6) is -1.32. The summed E-state index contributed by atoms with van der Waals surface area (Å²) in [6, 6.07) is 0. The molecule has 1 aliphatic heterocycles. The van der Waals surface area contributed by atoms with Gasteiger partial charge >= 0.3 is 11.8 Å². The fourth-order valence-corrected chi connectivity index (χ4v) is 2.20. The van der Waals surface area contributed by atoms with Gasteiger partial charge in [-0.1, -0.05) is 0 Å². The van der Waals surface area contributed by atoms with Crippen LogP contribution in [-0.2, 0) is 14.3 Å². The lowest BCUT2D eigenvalue weighted by molar-refractivity contribution is -0.136. The van der Waals surface area contributed by atoms with Crippen molar-refractivity contribution < 1.29 is 14.3 Å². The van der Waals surface area contributed by atoms with Crippen LogP contribution in [0.3, 0.4) is 0 Å². The molecule has 0 bridgehead atoms. The number of hydrogen-bond acceptors (Lipinski definition) is 6. The molecule has 2 heterocycles.